The van der Waals surface area contributed by atoms with E-state index in [0.717, 1.165) is 17.2 Å². The van der Waals surface area contributed by atoms with E-state index in [4.69, 9.17) is 5.73 Å². The van der Waals surface area contributed by atoms with Crippen LogP contribution >= 0.6 is 11.3 Å². The molecule has 1 fully saturated rings. The number of carbonyl (C=O) groups excluding carboxylic acids is 2. The summed E-state index contributed by atoms with van der Waals surface area (Å²) in [7, 11) is 0. The fourth-order valence-electron chi connectivity index (χ4n) is 3.30. The number of hydrogen-bond donors (Lipinski definition) is 3. The van der Waals surface area contributed by atoms with Crippen LogP contribution in [-0.2, 0) is 11.3 Å². The highest BCUT2D eigenvalue weighted by molar-refractivity contribution is 7.14. The Morgan fingerprint density at radius 3 is 2.65 bits per heavy atom. The molecule has 5 nitrogen and oxygen atoms in total. The van der Waals surface area contributed by atoms with Crippen LogP contribution in [0, 0.1) is 5.92 Å². The van der Waals surface area contributed by atoms with Crippen molar-refractivity contribution in [2.45, 2.75) is 45.1 Å². The summed E-state index contributed by atoms with van der Waals surface area (Å²) in [6.45, 7) is 0.467. The lowest BCUT2D eigenvalue weighted by atomic mass is 10.0. The van der Waals surface area contributed by atoms with E-state index in [-0.39, 0.29) is 11.8 Å². The molecule has 0 radical (unpaired) electrons. The molecule has 6 heteroatoms. The average Bonchev–Trinajstić information content (AvgIpc) is 3.32. The Hall–Kier alpha value is -2.34. The van der Waals surface area contributed by atoms with Gasteiger partial charge in [-0.25, -0.2) is 0 Å². The topological polar surface area (TPSA) is 84.2 Å². The molecule has 0 aliphatic heterocycles. The Labute approximate surface area is 158 Å². The summed E-state index contributed by atoms with van der Waals surface area (Å²) in [4.78, 5) is 25.9. The normalized spacial score (nSPS) is 14.3. The molecule has 0 unspecified atom stereocenters. The van der Waals surface area contributed by atoms with E-state index in [0.29, 0.717) is 29.2 Å². The van der Waals surface area contributed by atoms with Crippen LogP contribution in [0.25, 0.3) is 0 Å². The van der Waals surface area contributed by atoms with Crippen molar-refractivity contribution in [1.29, 1.82) is 0 Å². The van der Waals surface area contributed by atoms with Crippen molar-refractivity contribution < 1.29 is 9.59 Å². The van der Waals surface area contributed by atoms with Crippen molar-refractivity contribution in [3.05, 3.63) is 46.2 Å². The van der Waals surface area contributed by atoms with Gasteiger partial charge in [-0.1, -0.05) is 37.8 Å². The first-order valence-corrected chi connectivity index (χ1v) is 9.95. The van der Waals surface area contributed by atoms with E-state index >= 15 is 0 Å². The third-order valence-corrected chi connectivity index (χ3v) is 5.89. The average molecular weight is 372 g/mol. The molecule has 3 rings (SSSR count). The standard InChI is InChI=1S/C20H25N3O2S/c21-16-7-3-4-8-17(16)23-20(25)18-11-10-15(26-18)13-22-19(24)12-9-14-5-1-2-6-14/h3-4,7-8,10-11,14H,1-2,5-6,9,12-13,21H2,(H,22,24)(H,23,25). The van der Waals surface area contributed by atoms with Crippen LogP contribution in [0.2, 0.25) is 0 Å². The molecule has 2 amide bonds. The number of nitrogens with one attached hydrogen (secondary N) is 2. The maximum absolute atomic E-state index is 12.3. The van der Waals surface area contributed by atoms with E-state index < -0.39 is 0 Å². The number of hydrogen-bond acceptors (Lipinski definition) is 4. The van der Waals surface area contributed by atoms with Crippen molar-refractivity contribution in [3.63, 3.8) is 0 Å². The van der Waals surface area contributed by atoms with E-state index in [1.165, 1.54) is 37.0 Å². The predicted molar refractivity (Wildman–Crippen MR) is 106 cm³/mol. The Morgan fingerprint density at radius 1 is 1.12 bits per heavy atom. The zero-order chi connectivity index (χ0) is 18.4. The molecule has 1 aromatic heterocycles. The largest absolute Gasteiger partial charge is 0.397 e. The third-order valence-electron chi connectivity index (χ3n) is 4.81. The highest BCUT2D eigenvalue weighted by atomic mass is 32.1. The fourth-order valence-corrected chi connectivity index (χ4v) is 4.14. The van der Waals surface area contributed by atoms with E-state index in [9.17, 15) is 9.59 Å². The number of nitrogens with two attached hydrogens (primary N) is 1. The molecule has 1 heterocycles. The summed E-state index contributed by atoms with van der Waals surface area (Å²) in [6.07, 6.45) is 6.73. The Morgan fingerprint density at radius 2 is 1.88 bits per heavy atom. The quantitative estimate of drug-likeness (QED) is 0.639. The molecule has 26 heavy (non-hydrogen) atoms. The van der Waals surface area contributed by atoms with Gasteiger partial charge in [-0.3, -0.25) is 9.59 Å². The lowest BCUT2D eigenvalue weighted by Gasteiger charge is -2.08. The van der Waals surface area contributed by atoms with Crippen molar-refractivity contribution in [2.24, 2.45) is 5.92 Å². The molecule has 0 bridgehead atoms. The van der Waals surface area contributed by atoms with Crippen molar-refractivity contribution in [1.82, 2.24) is 5.32 Å². The Kier molecular flexibility index (Phi) is 6.28. The summed E-state index contributed by atoms with van der Waals surface area (Å²) in [5, 5.41) is 5.77. The SMILES string of the molecule is Nc1ccccc1NC(=O)c1ccc(CNC(=O)CCC2CCCC2)s1. The van der Waals surface area contributed by atoms with Gasteiger partial charge in [-0.2, -0.15) is 0 Å². The lowest BCUT2D eigenvalue weighted by molar-refractivity contribution is -0.121. The number of thiophene rings is 1. The van der Waals surface area contributed by atoms with Crippen LogP contribution in [0.4, 0.5) is 11.4 Å². The van der Waals surface area contributed by atoms with Gasteiger partial charge in [0.15, 0.2) is 0 Å². The lowest BCUT2D eigenvalue weighted by Crippen LogP contribution is -2.22. The highest BCUT2D eigenvalue weighted by Crippen LogP contribution is 2.28. The summed E-state index contributed by atoms with van der Waals surface area (Å²) in [6, 6.07) is 10.8. The number of amides is 2. The van der Waals surface area contributed by atoms with E-state index in [1.807, 2.05) is 18.2 Å². The zero-order valence-corrected chi connectivity index (χ0v) is 15.6. The van der Waals surface area contributed by atoms with Gasteiger partial charge in [0.2, 0.25) is 5.91 Å². The highest BCUT2D eigenvalue weighted by Gasteiger charge is 2.16. The van der Waals surface area contributed by atoms with Gasteiger partial charge < -0.3 is 16.4 Å². The molecule has 1 aromatic carbocycles. The summed E-state index contributed by atoms with van der Waals surface area (Å²) in [5.74, 6) is 0.628. The second kappa shape index (κ2) is 8.85. The predicted octanol–water partition coefficient (Wildman–Crippen LogP) is 4.17. The van der Waals surface area contributed by atoms with Crippen LogP contribution in [0.15, 0.2) is 36.4 Å². The number of nitrogen functional groups attached to an aromatic ring is 1. The Bertz CT molecular complexity index is 766. The Balaban J connectivity index is 1.45. The van der Waals surface area contributed by atoms with Crippen molar-refractivity contribution in [3.8, 4) is 0 Å². The van der Waals surface area contributed by atoms with Crippen LogP contribution in [0.1, 0.15) is 53.1 Å². The first-order chi connectivity index (χ1) is 12.6. The number of rotatable bonds is 7. The van der Waals surface area contributed by atoms with E-state index in [2.05, 4.69) is 10.6 Å². The number of benzene rings is 1. The third kappa shape index (κ3) is 5.08. The summed E-state index contributed by atoms with van der Waals surface area (Å²) in [5.41, 5.74) is 6.99. The van der Waals surface area contributed by atoms with Gasteiger partial charge in [0.1, 0.15) is 0 Å². The molecular formula is C20H25N3O2S. The molecule has 4 N–H and O–H groups in total. The van der Waals surface area contributed by atoms with Crippen molar-refractivity contribution in [2.75, 3.05) is 11.1 Å². The smallest absolute Gasteiger partial charge is 0.265 e. The minimum atomic E-state index is -0.188. The van der Waals surface area contributed by atoms with Crippen LogP contribution in [0.5, 0.6) is 0 Å². The molecule has 1 aliphatic rings. The summed E-state index contributed by atoms with van der Waals surface area (Å²) >= 11 is 1.38. The summed E-state index contributed by atoms with van der Waals surface area (Å²) < 4.78 is 0. The van der Waals surface area contributed by atoms with Crippen molar-refractivity contribution >= 4 is 34.5 Å². The fraction of sp³-hybridized carbons (Fsp3) is 0.400. The first-order valence-electron chi connectivity index (χ1n) is 9.13. The van der Waals surface area contributed by atoms with Crippen LogP contribution in [0.3, 0.4) is 0 Å². The molecule has 138 valence electrons. The molecule has 1 aliphatic carbocycles. The maximum Gasteiger partial charge on any atom is 0.265 e. The second-order valence-corrected chi connectivity index (χ2v) is 7.94. The number of para-hydroxylation sites is 2. The maximum atomic E-state index is 12.3. The minimum absolute atomic E-state index is 0.0911. The molecule has 1 saturated carbocycles. The monoisotopic (exact) mass is 371 g/mol. The minimum Gasteiger partial charge on any atom is -0.397 e. The van der Waals surface area contributed by atoms with Gasteiger partial charge in [-0.15, -0.1) is 11.3 Å². The first kappa shape index (κ1) is 18.5. The molecular weight excluding hydrogens is 346 g/mol. The zero-order valence-electron chi connectivity index (χ0n) is 14.8. The molecule has 0 saturated heterocycles. The molecule has 0 spiro atoms. The van der Waals surface area contributed by atoms with E-state index in [1.54, 1.807) is 18.2 Å². The molecule has 0 atom stereocenters. The van der Waals surface area contributed by atoms with Gasteiger partial charge >= 0.3 is 0 Å². The molecule has 2 aromatic rings. The second-order valence-electron chi connectivity index (χ2n) is 6.77. The van der Waals surface area contributed by atoms with Crippen LogP contribution in [-0.4, -0.2) is 11.8 Å². The van der Waals surface area contributed by atoms with Gasteiger partial charge in [0.25, 0.3) is 5.91 Å². The van der Waals surface area contributed by atoms with Crippen LogP contribution < -0.4 is 16.4 Å². The van der Waals surface area contributed by atoms with Gasteiger partial charge in [0.05, 0.1) is 22.8 Å². The van der Waals surface area contributed by atoms with Gasteiger partial charge in [-0.05, 0) is 36.6 Å². The number of carbonyl (C=O) groups is 2. The van der Waals surface area contributed by atoms with Gasteiger partial charge in [0, 0.05) is 11.3 Å². The number of anilines is 2.